The molecule has 4 aromatic rings. The van der Waals surface area contributed by atoms with E-state index in [1.807, 2.05) is 0 Å². The van der Waals surface area contributed by atoms with Crippen LogP contribution in [0.5, 0.6) is 0 Å². The first-order valence-corrected chi connectivity index (χ1v) is 26.1. The SMILES string of the molecule is BrC(Br)(Br)c1cc[c]([Ga-]([c]2ccc(C(Br)(Br)Br)cc2)([c]2ccc(C(Br)(Br)Br)cc2)[c]2ccc(C(Br)(Br)Br)cc2)cc1. The maximum atomic E-state index is 3.69. The first kappa shape index (κ1) is 37.1. The molecule has 0 N–H and O–H groups in total. The molecule has 41 heavy (non-hydrogen) atoms. The third-order valence-electron chi connectivity index (χ3n) is 6.95. The van der Waals surface area contributed by atoms with Gasteiger partial charge in [-0.25, -0.2) is 0 Å². The summed E-state index contributed by atoms with van der Waals surface area (Å²) in [5.41, 5.74) is 4.31. The Kier molecular flexibility index (Phi) is 13.0. The minimum absolute atomic E-state index is 0.491. The predicted octanol–water partition coefficient (Wildman–Crippen LogP) is 12.2. The molecule has 0 aliphatic rings. The summed E-state index contributed by atoms with van der Waals surface area (Å²) in [6, 6.07) is 35.7. The second-order valence-electron chi connectivity index (χ2n) is 9.35. The van der Waals surface area contributed by atoms with Gasteiger partial charge in [0.2, 0.25) is 0 Å². The van der Waals surface area contributed by atoms with Crippen molar-refractivity contribution in [3.05, 3.63) is 119 Å². The molecular formula is C28H16Br12Ga-. The van der Waals surface area contributed by atoms with Crippen molar-refractivity contribution in [1.82, 2.24) is 0 Å². The number of rotatable bonds is 4. The van der Waals surface area contributed by atoms with Gasteiger partial charge in [-0.1, -0.05) is 0 Å². The fourth-order valence-electron chi connectivity index (χ4n) is 5.00. The summed E-state index contributed by atoms with van der Waals surface area (Å²) in [7, 11) is 0. The van der Waals surface area contributed by atoms with E-state index >= 15 is 0 Å². The summed E-state index contributed by atoms with van der Waals surface area (Å²) in [4.78, 5) is 0. The van der Waals surface area contributed by atoms with Gasteiger partial charge in [0, 0.05) is 0 Å². The molecule has 0 heterocycles. The first-order valence-electron chi connectivity index (χ1n) is 11.7. The van der Waals surface area contributed by atoms with Crippen LogP contribution in [0.4, 0.5) is 0 Å². The number of alkyl halides is 12. The van der Waals surface area contributed by atoms with Crippen molar-refractivity contribution in [3.8, 4) is 0 Å². The first-order chi connectivity index (χ1) is 18.8. The van der Waals surface area contributed by atoms with Crippen molar-refractivity contribution in [1.29, 1.82) is 0 Å². The third-order valence-corrected chi connectivity index (χ3v) is 24.1. The van der Waals surface area contributed by atoms with Crippen LogP contribution in [-0.2, 0) is 8.57 Å². The van der Waals surface area contributed by atoms with Crippen molar-refractivity contribution in [2.45, 2.75) is 8.57 Å². The van der Waals surface area contributed by atoms with Crippen molar-refractivity contribution in [2.24, 2.45) is 0 Å². The van der Waals surface area contributed by atoms with E-state index in [9.17, 15) is 0 Å². The standard InChI is InChI=1S/4C7H4Br3.Ga/c4*8-7(9,10)6-4-2-1-3-5-6;/h4*2-5H;/q;;;;-1. The molecule has 0 aliphatic heterocycles. The molecule has 4 rings (SSSR count). The molecule has 0 spiro atoms. The molecule has 13 heteroatoms. The Labute approximate surface area is 344 Å². The second-order valence-corrected chi connectivity index (χ2v) is 45.6. The molecule has 0 fully saturated rings. The zero-order chi connectivity index (χ0) is 30.4. The molecule has 0 saturated carbocycles. The molecule has 0 atom stereocenters. The van der Waals surface area contributed by atoms with Crippen LogP contribution in [-0.4, -0.2) is 15.0 Å². The van der Waals surface area contributed by atoms with Crippen LogP contribution in [0.2, 0.25) is 0 Å². The number of hydrogen-bond acceptors (Lipinski definition) is 0. The molecule has 0 aliphatic carbocycles. The van der Waals surface area contributed by atoms with E-state index in [2.05, 4.69) is 288 Å². The topological polar surface area (TPSA) is 0 Å². The zero-order valence-corrected chi connectivity index (χ0v) is 41.8. The summed E-state index contributed by atoms with van der Waals surface area (Å²) in [6.07, 6.45) is 0. The molecule has 4 aromatic carbocycles. The van der Waals surface area contributed by atoms with Gasteiger partial charge in [0.15, 0.2) is 0 Å². The quantitative estimate of drug-likeness (QED) is 0.141. The van der Waals surface area contributed by atoms with Gasteiger partial charge in [-0.2, -0.15) is 0 Å². The zero-order valence-electron chi connectivity index (χ0n) is 20.4. The van der Waals surface area contributed by atoms with Gasteiger partial charge >= 0.3 is 351 Å². The minimum atomic E-state index is -3.82. The number of hydrogen-bond donors (Lipinski definition) is 0. The van der Waals surface area contributed by atoms with Crippen LogP contribution < -0.4 is 16.5 Å². The molecule has 0 radical (unpaired) electrons. The Morgan fingerprint density at radius 1 is 0.268 bits per heavy atom. The Bertz CT molecular complexity index is 1240. The summed E-state index contributed by atoms with van der Waals surface area (Å²) in [5, 5.41) is 0. The van der Waals surface area contributed by atoms with Gasteiger partial charge in [0.1, 0.15) is 0 Å². The molecule has 0 aromatic heterocycles. The van der Waals surface area contributed by atoms with Crippen molar-refractivity contribution >= 4 is 223 Å². The van der Waals surface area contributed by atoms with E-state index in [4.69, 9.17) is 0 Å². The van der Waals surface area contributed by atoms with Crippen LogP contribution in [0.25, 0.3) is 0 Å². The van der Waals surface area contributed by atoms with E-state index in [1.54, 1.807) is 0 Å². The summed E-state index contributed by atoms with van der Waals surface area (Å²) < 4.78 is 3.35. The van der Waals surface area contributed by atoms with Gasteiger partial charge < -0.3 is 0 Å². The average Bonchev–Trinajstić information content (AvgIpc) is 2.88. The van der Waals surface area contributed by atoms with E-state index in [1.165, 1.54) is 16.5 Å². The van der Waals surface area contributed by atoms with Gasteiger partial charge in [-0.3, -0.25) is 0 Å². The fourth-order valence-corrected chi connectivity index (χ4v) is 19.5. The van der Waals surface area contributed by atoms with Crippen molar-refractivity contribution in [3.63, 3.8) is 0 Å². The van der Waals surface area contributed by atoms with Gasteiger partial charge in [-0.05, 0) is 0 Å². The van der Waals surface area contributed by atoms with E-state index in [0.29, 0.717) is 0 Å². The van der Waals surface area contributed by atoms with Gasteiger partial charge in [-0.15, -0.1) is 0 Å². The van der Waals surface area contributed by atoms with Crippen molar-refractivity contribution < 1.29 is 0 Å². The van der Waals surface area contributed by atoms with E-state index in [-0.39, 0.29) is 0 Å². The molecule has 0 unspecified atom stereocenters. The van der Waals surface area contributed by atoms with Crippen LogP contribution >= 0.6 is 191 Å². The van der Waals surface area contributed by atoms with Crippen LogP contribution in [0.15, 0.2) is 97.1 Å². The summed E-state index contributed by atoms with van der Waals surface area (Å²) >= 11 is 40.4. The normalized spacial score (nSPS) is 13.4. The van der Waals surface area contributed by atoms with E-state index < -0.39 is 23.6 Å². The molecule has 216 valence electrons. The number of benzene rings is 4. The summed E-state index contributed by atoms with van der Waals surface area (Å²) in [6.45, 7) is 0. The van der Waals surface area contributed by atoms with Crippen LogP contribution in [0.3, 0.4) is 0 Å². The fraction of sp³-hybridized carbons (Fsp3) is 0.143. The van der Waals surface area contributed by atoms with Crippen LogP contribution in [0.1, 0.15) is 22.3 Å². The third kappa shape index (κ3) is 8.85. The molecular weight excluding hydrogens is 1360 g/mol. The predicted molar refractivity (Wildman–Crippen MR) is 224 cm³/mol. The molecule has 0 bridgehead atoms. The second kappa shape index (κ2) is 14.4. The van der Waals surface area contributed by atoms with Gasteiger partial charge in [0.25, 0.3) is 0 Å². The molecule has 0 amide bonds. The van der Waals surface area contributed by atoms with Crippen LogP contribution in [0, 0.1) is 0 Å². The van der Waals surface area contributed by atoms with Crippen molar-refractivity contribution in [2.75, 3.05) is 0 Å². The average molecular weight is 1380 g/mol. The molecule has 0 saturated heterocycles. The maximum absolute atomic E-state index is 3.82. The molecule has 0 nitrogen and oxygen atoms in total. The summed E-state index contributed by atoms with van der Waals surface area (Å²) in [5.74, 6) is 0. The Morgan fingerprint density at radius 3 is 0.537 bits per heavy atom. The monoisotopic (exact) mass is 1370 g/mol. The Morgan fingerprint density at radius 2 is 0.415 bits per heavy atom. The Balaban J connectivity index is 2.09. The van der Waals surface area contributed by atoms with E-state index in [0.717, 1.165) is 22.3 Å². The Hall–Kier alpha value is 3.28. The number of halogens is 12. The van der Waals surface area contributed by atoms with Gasteiger partial charge in [0.05, 0.1) is 0 Å².